The number of rotatable bonds is 2. The topological polar surface area (TPSA) is 26.0 Å². The lowest BCUT2D eigenvalue weighted by Gasteiger charge is -1.96. The number of aromatic nitrogens is 1. The van der Waals surface area contributed by atoms with E-state index in [-0.39, 0.29) is 0 Å². The number of aryl methyl sites for hydroxylation is 1. The van der Waals surface area contributed by atoms with Gasteiger partial charge in [-0.15, -0.1) is 0 Å². The summed E-state index contributed by atoms with van der Waals surface area (Å²) < 4.78 is 6.79. The molecule has 2 nitrogen and oxygen atoms in total. The molecule has 0 amide bonds. The summed E-state index contributed by atoms with van der Waals surface area (Å²) in [5, 5.41) is 0. The molecule has 0 saturated heterocycles. The number of fused-ring (bicyclic) bond motifs is 1. The van der Waals surface area contributed by atoms with E-state index in [9.17, 15) is 0 Å². The molecule has 1 aromatic carbocycles. The molecule has 1 fully saturated rings. The van der Waals surface area contributed by atoms with Gasteiger partial charge in [0.2, 0.25) is 0 Å². The molecule has 1 aromatic heterocycles. The Morgan fingerprint density at radius 2 is 2.27 bits per heavy atom. The van der Waals surface area contributed by atoms with Crippen molar-refractivity contribution in [1.29, 1.82) is 0 Å². The molecule has 1 aliphatic rings. The Labute approximate surface area is 96.8 Å². The fraction of sp³-hybridized carbons (Fsp3) is 0.417. The average molecular weight is 266 g/mol. The summed E-state index contributed by atoms with van der Waals surface area (Å²) in [7, 11) is 0. The van der Waals surface area contributed by atoms with Crippen molar-refractivity contribution >= 4 is 27.0 Å². The Balaban J connectivity index is 2.19. The smallest absolute Gasteiger partial charge is 0.198 e. The van der Waals surface area contributed by atoms with Crippen molar-refractivity contribution in [2.75, 3.05) is 0 Å². The molecule has 1 aliphatic carbocycles. The van der Waals surface area contributed by atoms with Crippen LogP contribution in [0.25, 0.3) is 11.1 Å². The summed E-state index contributed by atoms with van der Waals surface area (Å²) in [6.45, 7) is 2.15. The minimum Gasteiger partial charge on any atom is -0.439 e. The average Bonchev–Trinajstić information content (AvgIpc) is 2.98. The van der Waals surface area contributed by atoms with Gasteiger partial charge in [0.25, 0.3) is 0 Å². The van der Waals surface area contributed by atoms with Gasteiger partial charge in [0.15, 0.2) is 11.5 Å². The van der Waals surface area contributed by atoms with E-state index in [2.05, 4.69) is 40.0 Å². The van der Waals surface area contributed by atoms with Gasteiger partial charge < -0.3 is 4.42 Å². The number of hydrogen-bond donors (Lipinski definition) is 0. The van der Waals surface area contributed by atoms with Gasteiger partial charge in [0.1, 0.15) is 5.52 Å². The van der Waals surface area contributed by atoms with Crippen molar-refractivity contribution in [3.05, 3.63) is 28.1 Å². The molecular formula is C12H12BrNO. The minimum absolute atomic E-state index is 0.578. The van der Waals surface area contributed by atoms with Crippen LogP contribution in [0, 0.1) is 0 Å². The highest BCUT2D eigenvalue weighted by molar-refractivity contribution is 9.10. The number of nitrogens with zero attached hydrogens (tertiary/aromatic N) is 1. The van der Waals surface area contributed by atoms with E-state index in [4.69, 9.17) is 4.42 Å². The Morgan fingerprint density at radius 3 is 2.93 bits per heavy atom. The van der Waals surface area contributed by atoms with Crippen LogP contribution in [0.15, 0.2) is 21.0 Å². The van der Waals surface area contributed by atoms with Gasteiger partial charge in [-0.25, -0.2) is 4.98 Å². The normalized spacial score (nSPS) is 16.1. The Morgan fingerprint density at radius 1 is 1.47 bits per heavy atom. The molecule has 3 heteroatoms. The highest BCUT2D eigenvalue weighted by Gasteiger charge is 2.29. The standard InChI is InChI=1S/C12H12BrNO/c1-2-7-5-9(13)11-10(6-7)14-12(15-11)8-3-4-8/h5-6,8H,2-4H2,1H3. The number of oxazole rings is 1. The van der Waals surface area contributed by atoms with E-state index in [1.165, 1.54) is 18.4 Å². The number of hydrogen-bond acceptors (Lipinski definition) is 2. The van der Waals surface area contributed by atoms with Crippen molar-refractivity contribution in [3.8, 4) is 0 Å². The summed E-state index contributed by atoms with van der Waals surface area (Å²) in [5.74, 6) is 1.49. The second-order valence-electron chi connectivity index (χ2n) is 4.11. The maximum absolute atomic E-state index is 5.76. The lowest BCUT2D eigenvalue weighted by atomic mass is 10.1. The van der Waals surface area contributed by atoms with Crippen molar-refractivity contribution in [2.45, 2.75) is 32.1 Å². The van der Waals surface area contributed by atoms with E-state index in [0.29, 0.717) is 5.92 Å². The van der Waals surface area contributed by atoms with E-state index in [1.807, 2.05) is 0 Å². The second kappa shape index (κ2) is 3.34. The molecule has 0 unspecified atom stereocenters. The zero-order chi connectivity index (χ0) is 10.4. The molecule has 0 spiro atoms. The molecular weight excluding hydrogens is 254 g/mol. The minimum atomic E-state index is 0.578. The summed E-state index contributed by atoms with van der Waals surface area (Å²) in [6, 6.07) is 4.24. The van der Waals surface area contributed by atoms with Crippen LogP contribution in [0.2, 0.25) is 0 Å². The van der Waals surface area contributed by atoms with Crippen LogP contribution in [0.3, 0.4) is 0 Å². The third-order valence-corrected chi connectivity index (χ3v) is 3.44. The first kappa shape index (κ1) is 9.40. The van der Waals surface area contributed by atoms with E-state index < -0.39 is 0 Å². The van der Waals surface area contributed by atoms with Crippen LogP contribution >= 0.6 is 15.9 Å². The van der Waals surface area contributed by atoms with E-state index in [0.717, 1.165) is 27.9 Å². The van der Waals surface area contributed by atoms with Gasteiger partial charge in [-0.1, -0.05) is 6.92 Å². The lowest BCUT2D eigenvalue weighted by molar-refractivity contribution is 0.532. The third kappa shape index (κ3) is 1.59. The highest BCUT2D eigenvalue weighted by Crippen LogP contribution is 2.41. The molecule has 3 rings (SSSR count). The Kier molecular flexibility index (Phi) is 2.09. The van der Waals surface area contributed by atoms with Gasteiger partial charge in [-0.2, -0.15) is 0 Å². The molecule has 1 saturated carbocycles. The van der Waals surface area contributed by atoms with Crippen molar-refractivity contribution < 1.29 is 4.42 Å². The molecule has 0 radical (unpaired) electrons. The van der Waals surface area contributed by atoms with Gasteiger partial charge >= 0.3 is 0 Å². The van der Waals surface area contributed by atoms with Crippen LogP contribution in [-0.2, 0) is 6.42 Å². The number of benzene rings is 1. The molecule has 2 aromatic rings. The molecule has 0 N–H and O–H groups in total. The van der Waals surface area contributed by atoms with Crippen LogP contribution < -0.4 is 0 Å². The summed E-state index contributed by atoms with van der Waals surface area (Å²) in [4.78, 5) is 4.55. The SMILES string of the molecule is CCc1cc(Br)c2oc(C3CC3)nc2c1. The van der Waals surface area contributed by atoms with Crippen LogP contribution in [-0.4, -0.2) is 4.98 Å². The van der Waals surface area contributed by atoms with Crippen LogP contribution in [0.4, 0.5) is 0 Å². The molecule has 0 bridgehead atoms. The monoisotopic (exact) mass is 265 g/mol. The van der Waals surface area contributed by atoms with Crippen molar-refractivity contribution in [2.24, 2.45) is 0 Å². The first-order chi connectivity index (χ1) is 7.28. The van der Waals surface area contributed by atoms with Gasteiger partial charge in [-0.3, -0.25) is 0 Å². The van der Waals surface area contributed by atoms with E-state index >= 15 is 0 Å². The molecule has 0 aliphatic heterocycles. The fourth-order valence-corrected chi connectivity index (χ4v) is 2.35. The highest BCUT2D eigenvalue weighted by atomic mass is 79.9. The lowest BCUT2D eigenvalue weighted by Crippen LogP contribution is -1.81. The molecule has 15 heavy (non-hydrogen) atoms. The zero-order valence-corrected chi connectivity index (χ0v) is 10.2. The predicted molar refractivity (Wildman–Crippen MR) is 63.1 cm³/mol. The van der Waals surface area contributed by atoms with E-state index in [1.54, 1.807) is 0 Å². The Bertz CT molecular complexity index is 514. The van der Waals surface area contributed by atoms with Crippen LogP contribution in [0.1, 0.15) is 37.1 Å². The molecule has 78 valence electrons. The maximum Gasteiger partial charge on any atom is 0.198 e. The molecule has 1 heterocycles. The first-order valence-electron chi connectivity index (χ1n) is 5.36. The first-order valence-corrected chi connectivity index (χ1v) is 6.16. The third-order valence-electron chi connectivity index (χ3n) is 2.86. The largest absolute Gasteiger partial charge is 0.439 e. The number of halogens is 1. The van der Waals surface area contributed by atoms with Crippen molar-refractivity contribution in [3.63, 3.8) is 0 Å². The van der Waals surface area contributed by atoms with Gasteiger partial charge in [-0.05, 0) is 52.9 Å². The van der Waals surface area contributed by atoms with Gasteiger partial charge in [0.05, 0.1) is 4.47 Å². The van der Waals surface area contributed by atoms with Gasteiger partial charge in [0, 0.05) is 5.92 Å². The maximum atomic E-state index is 5.76. The second-order valence-corrected chi connectivity index (χ2v) is 4.96. The Hall–Kier alpha value is -0.830. The summed E-state index contributed by atoms with van der Waals surface area (Å²) in [5.41, 5.74) is 3.18. The fourth-order valence-electron chi connectivity index (χ4n) is 1.77. The summed E-state index contributed by atoms with van der Waals surface area (Å²) >= 11 is 3.54. The van der Waals surface area contributed by atoms with Crippen LogP contribution in [0.5, 0.6) is 0 Å². The summed E-state index contributed by atoms with van der Waals surface area (Å²) in [6.07, 6.45) is 3.48. The van der Waals surface area contributed by atoms with Crippen molar-refractivity contribution in [1.82, 2.24) is 4.98 Å². The zero-order valence-electron chi connectivity index (χ0n) is 8.59. The molecule has 0 atom stereocenters. The predicted octanol–water partition coefficient (Wildman–Crippen LogP) is 4.03. The quantitative estimate of drug-likeness (QED) is 0.820.